The number of hydrogen-bond donors (Lipinski definition) is 4. The number of fused-ring (bicyclic) bond motifs is 2. The third-order valence-electron chi connectivity index (χ3n) is 6.49. The topological polar surface area (TPSA) is 170 Å². The Labute approximate surface area is 220 Å². The van der Waals surface area contributed by atoms with Gasteiger partial charge in [0.2, 0.25) is 11.8 Å². The number of methoxy groups -OCH3 is 1. The van der Waals surface area contributed by atoms with Crippen molar-refractivity contribution < 1.29 is 28.2 Å². The molecule has 1 unspecified atom stereocenters. The van der Waals surface area contributed by atoms with E-state index in [0.717, 1.165) is 6.20 Å². The Kier molecular flexibility index (Phi) is 6.89. The number of amides is 2. The van der Waals surface area contributed by atoms with Crippen LogP contribution in [-0.4, -0.2) is 68.5 Å². The molecular weight excluding hydrogens is 514 g/mol. The number of nitrogen functional groups attached to an aromatic ring is 1. The fourth-order valence-electron chi connectivity index (χ4n) is 4.67. The first-order valence-corrected chi connectivity index (χ1v) is 11.9. The Hall–Kier alpha value is -4.56. The summed E-state index contributed by atoms with van der Waals surface area (Å²) in [6.45, 7) is -0.191. The minimum atomic E-state index is -1.87. The Bertz CT molecular complexity index is 1590. The summed E-state index contributed by atoms with van der Waals surface area (Å²) in [7, 11) is 1.46. The zero-order chi connectivity index (χ0) is 27.7. The van der Waals surface area contributed by atoms with Crippen molar-refractivity contribution in [1.82, 2.24) is 30.0 Å². The number of carbonyl (C=O) groups excluding carboxylic acids is 2. The number of aromatic nitrogens is 5. The minimum absolute atomic E-state index is 0.0135. The standard InChI is InChI=1S/C25H24F2N8O4/c1-39-9-7-29-23(37)25(6-8-36)17-19(28)31-21(32-20(17)33-24(25)38)18-15-10-14(26)11-30-22(15)35(34-18)12-13-4-2-3-5-16(13)27/h2-5,10-11,36H,6-9,12H2,1H3,(H,29,37)(H3,28,31,32,33,38). The van der Waals surface area contributed by atoms with Gasteiger partial charge in [-0.05, 0) is 18.6 Å². The highest BCUT2D eigenvalue weighted by Crippen LogP contribution is 2.43. The van der Waals surface area contributed by atoms with Crippen LogP contribution in [0.25, 0.3) is 22.6 Å². The molecule has 0 spiro atoms. The maximum absolute atomic E-state index is 14.3. The lowest BCUT2D eigenvalue weighted by Gasteiger charge is -2.25. The summed E-state index contributed by atoms with van der Waals surface area (Å²) < 4.78 is 34.9. The molecule has 5 rings (SSSR count). The lowest BCUT2D eigenvalue weighted by atomic mass is 9.78. The van der Waals surface area contributed by atoms with E-state index in [1.54, 1.807) is 18.2 Å². The van der Waals surface area contributed by atoms with Crippen LogP contribution >= 0.6 is 0 Å². The second kappa shape index (κ2) is 10.3. The normalized spacial score (nSPS) is 16.4. The molecule has 0 saturated heterocycles. The first-order chi connectivity index (χ1) is 18.8. The van der Waals surface area contributed by atoms with E-state index < -0.39 is 35.5 Å². The Morgan fingerprint density at radius 3 is 2.82 bits per heavy atom. The van der Waals surface area contributed by atoms with Crippen LogP contribution in [0.4, 0.5) is 20.4 Å². The number of nitrogens with one attached hydrogen (secondary N) is 2. The van der Waals surface area contributed by atoms with Gasteiger partial charge in [-0.2, -0.15) is 5.10 Å². The zero-order valence-corrected chi connectivity index (χ0v) is 20.7. The Morgan fingerprint density at radius 1 is 1.28 bits per heavy atom. The number of halogens is 2. The summed E-state index contributed by atoms with van der Waals surface area (Å²) in [5.74, 6) is -2.85. The molecule has 0 fully saturated rings. The molecule has 1 aromatic carbocycles. The number of rotatable bonds is 9. The SMILES string of the molecule is COCCNC(=O)C1(CCO)C(=O)Nc2nc(-c3nn(Cc4ccccc4F)c4ncc(F)cc34)nc(N)c21. The molecule has 14 heteroatoms. The van der Waals surface area contributed by atoms with Crippen molar-refractivity contribution >= 4 is 34.5 Å². The fourth-order valence-corrected chi connectivity index (χ4v) is 4.67. The fraction of sp³-hybridized carbons (Fsp3) is 0.280. The highest BCUT2D eigenvalue weighted by Gasteiger charge is 2.55. The Morgan fingerprint density at radius 2 is 2.08 bits per heavy atom. The van der Waals surface area contributed by atoms with Crippen LogP contribution in [0.1, 0.15) is 17.5 Å². The lowest BCUT2D eigenvalue weighted by Crippen LogP contribution is -2.50. The van der Waals surface area contributed by atoms with Crippen molar-refractivity contribution in [3.63, 3.8) is 0 Å². The molecule has 4 aromatic rings. The summed E-state index contributed by atoms with van der Waals surface area (Å²) in [6, 6.07) is 7.32. The number of aliphatic hydroxyl groups excluding tert-OH is 1. The molecule has 202 valence electrons. The Balaban J connectivity index is 1.62. The quantitative estimate of drug-likeness (QED) is 0.180. The van der Waals surface area contributed by atoms with Gasteiger partial charge >= 0.3 is 0 Å². The van der Waals surface area contributed by atoms with E-state index in [0.29, 0.717) is 5.56 Å². The van der Waals surface area contributed by atoms with E-state index >= 15 is 0 Å². The van der Waals surface area contributed by atoms with Gasteiger partial charge in [-0.3, -0.25) is 9.59 Å². The molecule has 39 heavy (non-hydrogen) atoms. The van der Waals surface area contributed by atoms with Gasteiger partial charge in [0.05, 0.1) is 30.3 Å². The van der Waals surface area contributed by atoms with Gasteiger partial charge in [0.25, 0.3) is 0 Å². The third kappa shape index (κ3) is 4.42. The predicted octanol–water partition coefficient (Wildman–Crippen LogP) is 1.13. The van der Waals surface area contributed by atoms with Crippen LogP contribution in [0.2, 0.25) is 0 Å². The molecule has 4 heterocycles. The van der Waals surface area contributed by atoms with Crippen LogP contribution < -0.4 is 16.4 Å². The van der Waals surface area contributed by atoms with Gasteiger partial charge in [-0.15, -0.1) is 0 Å². The monoisotopic (exact) mass is 538 g/mol. The third-order valence-corrected chi connectivity index (χ3v) is 6.49. The smallest absolute Gasteiger partial charge is 0.246 e. The molecule has 2 amide bonds. The summed E-state index contributed by atoms with van der Waals surface area (Å²) >= 11 is 0. The molecule has 0 aliphatic carbocycles. The molecule has 5 N–H and O–H groups in total. The maximum atomic E-state index is 14.3. The molecule has 1 aliphatic rings. The van der Waals surface area contributed by atoms with Crippen LogP contribution in [-0.2, 0) is 26.3 Å². The highest BCUT2D eigenvalue weighted by atomic mass is 19.1. The van der Waals surface area contributed by atoms with E-state index in [2.05, 4.69) is 30.7 Å². The van der Waals surface area contributed by atoms with Crippen molar-refractivity contribution in [2.45, 2.75) is 18.4 Å². The lowest BCUT2D eigenvalue weighted by molar-refractivity contribution is -0.135. The van der Waals surface area contributed by atoms with Gasteiger partial charge in [-0.25, -0.2) is 28.4 Å². The summed E-state index contributed by atoms with van der Waals surface area (Å²) in [6.07, 6.45) is 0.738. The van der Waals surface area contributed by atoms with Gasteiger partial charge in [0, 0.05) is 25.8 Å². The van der Waals surface area contributed by atoms with Crippen LogP contribution in [0.5, 0.6) is 0 Å². The van der Waals surface area contributed by atoms with Crippen molar-refractivity contribution in [2.75, 3.05) is 37.9 Å². The van der Waals surface area contributed by atoms with E-state index in [1.165, 1.54) is 23.9 Å². The number of benzene rings is 1. The number of carbonyl (C=O) groups is 2. The molecule has 1 aliphatic heterocycles. The van der Waals surface area contributed by atoms with Crippen molar-refractivity contribution in [3.05, 3.63) is 59.3 Å². The zero-order valence-electron chi connectivity index (χ0n) is 20.7. The average molecular weight is 539 g/mol. The van der Waals surface area contributed by atoms with Crippen LogP contribution in [0.15, 0.2) is 36.5 Å². The van der Waals surface area contributed by atoms with E-state index in [4.69, 9.17) is 10.5 Å². The van der Waals surface area contributed by atoms with E-state index in [9.17, 15) is 23.5 Å². The number of aliphatic hydroxyl groups is 1. The predicted molar refractivity (Wildman–Crippen MR) is 135 cm³/mol. The number of anilines is 2. The van der Waals surface area contributed by atoms with Crippen molar-refractivity contribution in [2.24, 2.45) is 0 Å². The number of hydrogen-bond acceptors (Lipinski definition) is 9. The minimum Gasteiger partial charge on any atom is -0.396 e. The second-order valence-electron chi connectivity index (χ2n) is 8.86. The number of pyridine rings is 1. The molecule has 0 bridgehead atoms. The molecular formula is C25H24F2N8O4. The average Bonchev–Trinajstić information content (AvgIpc) is 3.40. The molecule has 1 atom stereocenters. The largest absolute Gasteiger partial charge is 0.396 e. The van der Waals surface area contributed by atoms with Gasteiger partial charge in [0.1, 0.15) is 29.0 Å². The van der Waals surface area contributed by atoms with Gasteiger partial charge in [0.15, 0.2) is 16.9 Å². The van der Waals surface area contributed by atoms with Crippen LogP contribution in [0.3, 0.4) is 0 Å². The van der Waals surface area contributed by atoms with Crippen molar-refractivity contribution in [1.29, 1.82) is 0 Å². The van der Waals surface area contributed by atoms with Gasteiger partial charge < -0.3 is 26.2 Å². The molecule has 3 aromatic heterocycles. The highest BCUT2D eigenvalue weighted by molar-refractivity contribution is 6.21. The first-order valence-electron chi connectivity index (χ1n) is 11.9. The van der Waals surface area contributed by atoms with Crippen LogP contribution in [0, 0.1) is 11.6 Å². The molecule has 0 radical (unpaired) electrons. The van der Waals surface area contributed by atoms with Gasteiger partial charge in [-0.1, -0.05) is 18.2 Å². The maximum Gasteiger partial charge on any atom is 0.246 e. The summed E-state index contributed by atoms with van der Waals surface area (Å²) in [4.78, 5) is 39.2. The number of nitrogens with zero attached hydrogens (tertiary/aromatic N) is 5. The first kappa shape index (κ1) is 26.1. The van der Waals surface area contributed by atoms with Crippen molar-refractivity contribution in [3.8, 4) is 11.5 Å². The second-order valence-corrected chi connectivity index (χ2v) is 8.86. The molecule has 0 saturated carbocycles. The van der Waals surface area contributed by atoms with E-state index in [-0.39, 0.29) is 65.9 Å². The summed E-state index contributed by atoms with van der Waals surface area (Å²) in [5, 5.41) is 19.6. The number of ether oxygens (including phenoxy) is 1. The number of nitrogens with two attached hydrogens (primary N) is 1. The summed E-state index contributed by atoms with van der Waals surface area (Å²) in [5.41, 5.74) is 5.09. The molecule has 12 nitrogen and oxygen atoms in total. The van der Waals surface area contributed by atoms with E-state index in [1.807, 2.05) is 0 Å².